The van der Waals surface area contributed by atoms with Gasteiger partial charge in [-0.05, 0) is 0 Å². The molecule has 0 aliphatic carbocycles. The second-order valence-corrected chi connectivity index (χ2v) is 6.33. The van der Waals surface area contributed by atoms with Gasteiger partial charge in [0.15, 0.2) is 0 Å². The summed E-state index contributed by atoms with van der Waals surface area (Å²) in [6.07, 6.45) is -1.72. The Labute approximate surface area is 151 Å². The highest BCUT2D eigenvalue weighted by Gasteiger charge is 2.44. The molecule has 0 spiro atoms. The first-order valence-corrected chi connectivity index (χ1v) is 8.32. The summed E-state index contributed by atoms with van der Waals surface area (Å²) >= 11 is 0. The standard InChI is InChI=1S/C15H27B2NO7/c1-18(5-8-9(6-19)24-14(16)11(8)20-2)23-7-10-12(21-3)13(22-4)15(17)25-10/h8-15,19H,5-7H2,1-4H3. The molecule has 0 aromatic rings. The highest BCUT2D eigenvalue weighted by molar-refractivity contribution is 6.12. The van der Waals surface area contributed by atoms with Crippen molar-refractivity contribution >= 4 is 15.7 Å². The molecule has 8 unspecified atom stereocenters. The Hall–Kier alpha value is -0.190. The van der Waals surface area contributed by atoms with Crippen molar-refractivity contribution in [2.75, 3.05) is 48.1 Å². The lowest BCUT2D eigenvalue weighted by molar-refractivity contribution is -0.186. The van der Waals surface area contributed by atoms with Crippen LogP contribution >= 0.6 is 0 Å². The van der Waals surface area contributed by atoms with Crippen molar-refractivity contribution in [2.45, 2.75) is 42.5 Å². The van der Waals surface area contributed by atoms with Gasteiger partial charge in [-0.3, -0.25) is 4.84 Å². The average Bonchev–Trinajstić information content (AvgIpc) is 3.07. The molecule has 8 nitrogen and oxygen atoms in total. The van der Waals surface area contributed by atoms with Crippen LogP contribution in [0.15, 0.2) is 0 Å². The van der Waals surface area contributed by atoms with Gasteiger partial charge >= 0.3 is 0 Å². The first-order chi connectivity index (χ1) is 12.0. The predicted octanol–water partition coefficient (Wildman–Crippen LogP) is -1.71. The number of aliphatic hydroxyl groups excluding tert-OH is 1. The fourth-order valence-corrected chi connectivity index (χ4v) is 3.54. The molecule has 2 aliphatic rings. The normalized spacial score (nSPS) is 41.7. The van der Waals surface area contributed by atoms with Gasteiger partial charge in [0.25, 0.3) is 0 Å². The number of aliphatic hydroxyl groups is 1. The van der Waals surface area contributed by atoms with E-state index in [9.17, 15) is 5.11 Å². The topological polar surface area (TPSA) is 78.9 Å². The Morgan fingerprint density at radius 2 is 1.48 bits per heavy atom. The van der Waals surface area contributed by atoms with Crippen molar-refractivity contribution < 1.29 is 33.6 Å². The lowest BCUT2D eigenvalue weighted by atomic mass is 9.87. The summed E-state index contributed by atoms with van der Waals surface area (Å²) in [4.78, 5) is 5.77. The number of methoxy groups -OCH3 is 3. The fourth-order valence-electron chi connectivity index (χ4n) is 3.54. The zero-order valence-electron chi connectivity index (χ0n) is 15.2. The highest BCUT2D eigenvalue weighted by Crippen LogP contribution is 2.29. The zero-order chi connectivity index (χ0) is 18.6. The van der Waals surface area contributed by atoms with Gasteiger partial charge in [-0.2, -0.15) is 5.06 Å². The summed E-state index contributed by atoms with van der Waals surface area (Å²) in [5.41, 5.74) is 0. The quantitative estimate of drug-likeness (QED) is 0.387. The van der Waals surface area contributed by atoms with E-state index in [2.05, 4.69) is 0 Å². The van der Waals surface area contributed by atoms with Crippen LogP contribution in [0.25, 0.3) is 0 Å². The number of nitrogens with zero attached hydrogens (tertiary/aromatic N) is 1. The average molecular weight is 355 g/mol. The van der Waals surface area contributed by atoms with Crippen LogP contribution in [0.4, 0.5) is 0 Å². The summed E-state index contributed by atoms with van der Waals surface area (Å²) in [5.74, 6) is -0.119. The molecule has 2 aliphatic heterocycles. The molecule has 2 fully saturated rings. The largest absolute Gasteiger partial charge is 0.394 e. The van der Waals surface area contributed by atoms with E-state index < -0.39 is 18.1 Å². The maximum Gasteiger partial charge on any atom is 0.113 e. The van der Waals surface area contributed by atoms with E-state index in [0.29, 0.717) is 6.54 Å². The monoisotopic (exact) mass is 355 g/mol. The van der Waals surface area contributed by atoms with Gasteiger partial charge in [-0.1, -0.05) is 0 Å². The van der Waals surface area contributed by atoms with Crippen molar-refractivity contribution in [1.29, 1.82) is 0 Å². The molecule has 140 valence electrons. The molecule has 10 heteroatoms. The van der Waals surface area contributed by atoms with Crippen LogP contribution in [-0.2, 0) is 28.5 Å². The molecule has 25 heavy (non-hydrogen) atoms. The van der Waals surface area contributed by atoms with Gasteiger partial charge in [0.1, 0.15) is 34.0 Å². The molecule has 2 saturated heterocycles. The SMILES string of the molecule is [B]C1OC(CO)C(CN(C)OCC2OC([B])C(OC)C2OC)C1OC. The Kier molecular flexibility index (Phi) is 8.16. The summed E-state index contributed by atoms with van der Waals surface area (Å²) in [6.45, 7) is 0.596. The maximum atomic E-state index is 9.48. The second kappa shape index (κ2) is 9.66. The number of rotatable bonds is 9. The van der Waals surface area contributed by atoms with Crippen LogP contribution < -0.4 is 0 Å². The minimum atomic E-state index is -0.572. The van der Waals surface area contributed by atoms with Gasteiger partial charge in [-0.25, -0.2) is 0 Å². The number of hydroxylamine groups is 2. The summed E-state index contributed by atoms with van der Waals surface area (Å²) in [6, 6.07) is -1.14. The Bertz CT molecular complexity index is 408. The van der Waals surface area contributed by atoms with Crippen LogP contribution in [0.2, 0.25) is 0 Å². The van der Waals surface area contributed by atoms with Crippen LogP contribution in [0.3, 0.4) is 0 Å². The number of hydrogen-bond acceptors (Lipinski definition) is 8. The maximum absolute atomic E-state index is 9.48. The number of hydrogen-bond donors (Lipinski definition) is 1. The predicted molar refractivity (Wildman–Crippen MR) is 90.4 cm³/mol. The zero-order valence-corrected chi connectivity index (χ0v) is 15.2. The third-order valence-electron chi connectivity index (χ3n) is 4.82. The summed E-state index contributed by atoms with van der Waals surface area (Å²) in [5, 5.41) is 11.1. The minimum absolute atomic E-state index is 0.119. The third-order valence-corrected chi connectivity index (χ3v) is 4.82. The first kappa shape index (κ1) is 21.1. The van der Waals surface area contributed by atoms with E-state index in [1.807, 2.05) is 0 Å². The molecular formula is C15H27B2NO7. The highest BCUT2D eigenvalue weighted by atomic mass is 16.7. The fraction of sp³-hybridized carbons (Fsp3) is 1.00. The smallest absolute Gasteiger partial charge is 0.113 e. The van der Waals surface area contributed by atoms with E-state index in [-0.39, 0.29) is 43.5 Å². The van der Waals surface area contributed by atoms with Crippen LogP contribution in [0.5, 0.6) is 0 Å². The molecule has 0 aromatic heterocycles. The molecule has 8 atom stereocenters. The number of ether oxygens (including phenoxy) is 5. The molecule has 0 saturated carbocycles. The van der Waals surface area contributed by atoms with Gasteiger partial charge in [0.2, 0.25) is 0 Å². The van der Waals surface area contributed by atoms with Crippen molar-refractivity contribution in [3.63, 3.8) is 0 Å². The van der Waals surface area contributed by atoms with Gasteiger partial charge in [0.05, 0.1) is 25.4 Å². The third kappa shape index (κ3) is 4.75. The molecule has 0 aromatic carbocycles. The van der Waals surface area contributed by atoms with Crippen molar-refractivity contribution in [3.05, 3.63) is 0 Å². The van der Waals surface area contributed by atoms with Crippen molar-refractivity contribution in [2.24, 2.45) is 5.92 Å². The van der Waals surface area contributed by atoms with E-state index in [1.165, 1.54) is 0 Å². The van der Waals surface area contributed by atoms with E-state index >= 15 is 0 Å². The molecule has 2 rings (SSSR count). The summed E-state index contributed by atoms with van der Waals surface area (Å²) in [7, 11) is 18.3. The van der Waals surface area contributed by atoms with E-state index in [0.717, 1.165) is 0 Å². The summed E-state index contributed by atoms with van der Waals surface area (Å²) < 4.78 is 27.3. The lowest BCUT2D eigenvalue weighted by Gasteiger charge is -2.28. The molecule has 1 N–H and O–H groups in total. The van der Waals surface area contributed by atoms with Gasteiger partial charge in [-0.15, -0.1) is 0 Å². The Balaban J connectivity index is 1.86. The van der Waals surface area contributed by atoms with Gasteiger partial charge in [0, 0.05) is 52.8 Å². The molecular weight excluding hydrogens is 328 g/mol. The molecule has 2 heterocycles. The lowest BCUT2D eigenvalue weighted by Crippen LogP contribution is -2.42. The molecule has 0 amide bonds. The Morgan fingerprint density at radius 3 is 2.04 bits per heavy atom. The van der Waals surface area contributed by atoms with Crippen LogP contribution in [-0.4, -0.2) is 117 Å². The van der Waals surface area contributed by atoms with E-state index in [1.54, 1.807) is 33.4 Å². The first-order valence-electron chi connectivity index (χ1n) is 8.32. The van der Waals surface area contributed by atoms with E-state index in [4.69, 9.17) is 44.2 Å². The van der Waals surface area contributed by atoms with Crippen LogP contribution in [0.1, 0.15) is 0 Å². The molecule has 4 radical (unpaired) electrons. The second-order valence-electron chi connectivity index (χ2n) is 6.33. The Morgan fingerprint density at radius 1 is 0.920 bits per heavy atom. The van der Waals surface area contributed by atoms with Gasteiger partial charge < -0.3 is 28.8 Å². The van der Waals surface area contributed by atoms with Crippen molar-refractivity contribution in [3.8, 4) is 0 Å². The minimum Gasteiger partial charge on any atom is -0.394 e. The van der Waals surface area contributed by atoms with Crippen molar-refractivity contribution in [1.82, 2.24) is 5.06 Å². The molecule has 0 bridgehead atoms. The van der Waals surface area contributed by atoms with Crippen LogP contribution in [0, 0.1) is 5.92 Å².